The highest BCUT2D eigenvalue weighted by Gasteiger charge is 2.14. The lowest BCUT2D eigenvalue weighted by atomic mass is 10.00. The molecule has 134 valence electrons. The molecule has 0 amide bonds. The fraction of sp³-hybridized carbons (Fsp3) is 0. The molecule has 5 aromatic rings. The maximum absolute atomic E-state index is 6.21. The minimum atomic E-state index is 0.561. The molecule has 0 spiro atoms. The largest absolute Gasteiger partial charge is 0.228 e. The number of nitrogens with zero attached hydrogens (tertiary/aromatic N) is 2. The van der Waals surface area contributed by atoms with Gasteiger partial charge in [-0.15, -0.1) is 0 Å². The van der Waals surface area contributed by atoms with E-state index in [1.807, 2.05) is 48.5 Å². The summed E-state index contributed by atoms with van der Waals surface area (Å²) < 4.78 is 0. The van der Waals surface area contributed by atoms with Crippen LogP contribution in [0.25, 0.3) is 44.3 Å². The molecule has 0 saturated heterocycles. The number of rotatable bonds is 2. The van der Waals surface area contributed by atoms with Crippen molar-refractivity contribution in [1.29, 1.82) is 0 Å². The second-order valence-electron chi connectivity index (χ2n) is 6.60. The van der Waals surface area contributed by atoms with E-state index in [4.69, 9.17) is 33.2 Å². The Hall–Kier alpha value is -2.94. The molecule has 0 radical (unpaired) electrons. The van der Waals surface area contributed by atoms with Crippen molar-refractivity contribution in [2.75, 3.05) is 0 Å². The monoisotopic (exact) mass is 400 g/mol. The van der Waals surface area contributed by atoms with E-state index in [1.54, 1.807) is 6.07 Å². The van der Waals surface area contributed by atoms with E-state index in [1.165, 1.54) is 0 Å². The smallest absolute Gasteiger partial charge is 0.160 e. The number of aromatic nitrogens is 2. The highest BCUT2D eigenvalue weighted by Crippen LogP contribution is 2.35. The van der Waals surface area contributed by atoms with Crippen LogP contribution in [0.1, 0.15) is 0 Å². The quantitative estimate of drug-likeness (QED) is 0.288. The summed E-state index contributed by atoms with van der Waals surface area (Å²) in [4.78, 5) is 9.78. The van der Waals surface area contributed by atoms with Crippen molar-refractivity contribution in [2.24, 2.45) is 0 Å². The molecule has 5 rings (SSSR count). The van der Waals surface area contributed by atoms with Crippen LogP contribution in [0.3, 0.4) is 0 Å². The van der Waals surface area contributed by atoms with E-state index in [9.17, 15) is 0 Å². The van der Waals surface area contributed by atoms with Gasteiger partial charge in [-0.1, -0.05) is 83.9 Å². The zero-order valence-corrected chi connectivity index (χ0v) is 16.2. The van der Waals surface area contributed by atoms with Gasteiger partial charge >= 0.3 is 0 Å². The van der Waals surface area contributed by atoms with Crippen molar-refractivity contribution < 1.29 is 0 Å². The molecule has 1 heterocycles. The first-order valence-corrected chi connectivity index (χ1v) is 9.66. The van der Waals surface area contributed by atoms with E-state index in [-0.39, 0.29) is 0 Å². The standard InChI is InChI=1S/C24H14Cl2N2/c25-18-12-17(13-19(26)14-18)24-27-21-11-10-15-6-4-5-9-20(15)22(21)23(28-24)16-7-2-1-3-8-16/h1-14H. The van der Waals surface area contributed by atoms with Gasteiger partial charge in [-0.25, -0.2) is 9.97 Å². The summed E-state index contributed by atoms with van der Waals surface area (Å²) in [7, 11) is 0. The molecule has 0 aliphatic rings. The van der Waals surface area contributed by atoms with E-state index in [0.717, 1.165) is 38.5 Å². The third kappa shape index (κ3) is 3.01. The molecular formula is C24H14Cl2N2. The molecule has 4 aromatic carbocycles. The number of hydrogen-bond donors (Lipinski definition) is 0. The molecule has 0 bridgehead atoms. The number of hydrogen-bond acceptors (Lipinski definition) is 2. The van der Waals surface area contributed by atoms with Crippen LogP contribution in [0.5, 0.6) is 0 Å². The molecule has 0 fully saturated rings. The Labute approximate surface area is 172 Å². The Morgan fingerprint density at radius 1 is 0.607 bits per heavy atom. The summed E-state index contributed by atoms with van der Waals surface area (Å²) in [6.07, 6.45) is 0. The van der Waals surface area contributed by atoms with Gasteiger partial charge in [0.25, 0.3) is 0 Å². The highest BCUT2D eigenvalue weighted by atomic mass is 35.5. The van der Waals surface area contributed by atoms with Crippen LogP contribution >= 0.6 is 23.2 Å². The molecule has 0 saturated carbocycles. The molecule has 0 aliphatic carbocycles. The van der Waals surface area contributed by atoms with Crippen molar-refractivity contribution in [3.63, 3.8) is 0 Å². The number of benzene rings is 4. The molecule has 0 N–H and O–H groups in total. The summed E-state index contributed by atoms with van der Waals surface area (Å²) in [6.45, 7) is 0. The summed E-state index contributed by atoms with van der Waals surface area (Å²) >= 11 is 12.4. The third-order valence-electron chi connectivity index (χ3n) is 4.76. The maximum Gasteiger partial charge on any atom is 0.160 e. The Bertz CT molecular complexity index is 1310. The van der Waals surface area contributed by atoms with Gasteiger partial charge < -0.3 is 0 Å². The van der Waals surface area contributed by atoms with Crippen LogP contribution in [-0.4, -0.2) is 9.97 Å². The predicted octanol–water partition coefficient (Wildman–Crippen LogP) is 7.42. The van der Waals surface area contributed by atoms with Gasteiger partial charge in [0.05, 0.1) is 11.2 Å². The summed E-state index contributed by atoms with van der Waals surface area (Å²) in [5.74, 6) is 0.603. The Morgan fingerprint density at radius 3 is 2.11 bits per heavy atom. The molecule has 28 heavy (non-hydrogen) atoms. The second-order valence-corrected chi connectivity index (χ2v) is 7.47. The van der Waals surface area contributed by atoms with Crippen LogP contribution in [-0.2, 0) is 0 Å². The first kappa shape index (κ1) is 17.2. The predicted molar refractivity (Wildman–Crippen MR) is 118 cm³/mol. The van der Waals surface area contributed by atoms with Gasteiger partial charge in [0, 0.05) is 26.6 Å². The van der Waals surface area contributed by atoms with E-state index in [2.05, 4.69) is 30.3 Å². The van der Waals surface area contributed by atoms with Gasteiger partial charge in [0.2, 0.25) is 0 Å². The lowest BCUT2D eigenvalue weighted by molar-refractivity contribution is 1.23. The van der Waals surface area contributed by atoms with E-state index >= 15 is 0 Å². The minimum absolute atomic E-state index is 0.561. The fourth-order valence-electron chi connectivity index (χ4n) is 3.52. The van der Waals surface area contributed by atoms with Crippen LogP contribution in [0.4, 0.5) is 0 Å². The minimum Gasteiger partial charge on any atom is -0.228 e. The van der Waals surface area contributed by atoms with Crippen LogP contribution in [0, 0.1) is 0 Å². The normalized spacial score (nSPS) is 11.2. The van der Waals surface area contributed by atoms with Crippen LogP contribution in [0.2, 0.25) is 10.0 Å². The zero-order valence-electron chi connectivity index (χ0n) is 14.7. The Kier molecular flexibility index (Phi) is 4.23. The van der Waals surface area contributed by atoms with Gasteiger partial charge in [0.15, 0.2) is 5.82 Å². The van der Waals surface area contributed by atoms with Crippen molar-refractivity contribution in [1.82, 2.24) is 9.97 Å². The number of halogens is 2. The fourth-order valence-corrected chi connectivity index (χ4v) is 4.05. The second kappa shape index (κ2) is 6.90. The molecular weight excluding hydrogens is 387 g/mol. The molecule has 4 heteroatoms. The average molecular weight is 401 g/mol. The van der Waals surface area contributed by atoms with Crippen LogP contribution < -0.4 is 0 Å². The number of fused-ring (bicyclic) bond motifs is 3. The molecule has 1 aromatic heterocycles. The highest BCUT2D eigenvalue weighted by molar-refractivity contribution is 6.35. The van der Waals surface area contributed by atoms with Crippen molar-refractivity contribution in [2.45, 2.75) is 0 Å². The van der Waals surface area contributed by atoms with Gasteiger partial charge in [-0.05, 0) is 35.0 Å². The molecule has 2 nitrogen and oxygen atoms in total. The molecule has 0 atom stereocenters. The first-order valence-electron chi connectivity index (χ1n) is 8.90. The van der Waals surface area contributed by atoms with Crippen molar-refractivity contribution >= 4 is 44.9 Å². The summed E-state index contributed by atoms with van der Waals surface area (Å²) in [6, 6.07) is 28.0. The van der Waals surface area contributed by atoms with Gasteiger partial charge in [-0.2, -0.15) is 0 Å². The summed E-state index contributed by atoms with van der Waals surface area (Å²) in [5.41, 5.74) is 3.62. The third-order valence-corrected chi connectivity index (χ3v) is 5.19. The van der Waals surface area contributed by atoms with Crippen LogP contribution in [0.15, 0.2) is 84.9 Å². The zero-order chi connectivity index (χ0) is 19.1. The van der Waals surface area contributed by atoms with Crippen molar-refractivity contribution in [3.05, 3.63) is 95.0 Å². The average Bonchev–Trinajstić information content (AvgIpc) is 2.72. The van der Waals surface area contributed by atoms with E-state index < -0.39 is 0 Å². The lowest BCUT2D eigenvalue weighted by Crippen LogP contribution is -1.96. The Morgan fingerprint density at radius 2 is 1.32 bits per heavy atom. The van der Waals surface area contributed by atoms with Gasteiger partial charge in [-0.3, -0.25) is 0 Å². The topological polar surface area (TPSA) is 25.8 Å². The van der Waals surface area contributed by atoms with E-state index in [0.29, 0.717) is 15.9 Å². The molecule has 0 unspecified atom stereocenters. The Balaban J connectivity index is 1.90. The maximum atomic E-state index is 6.21. The molecule has 0 aliphatic heterocycles. The van der Waals surface area contributed by atoms with Crippen molar-refractivity contribution in [3.8, 4) is 22.6 Å². The SMILES string of the molecule is Clc1cc(Cl)cc(-c2nc(-c3ccccc3)c3c(ccc4ccccc43)n2)c1. The first-order chi connectivity index (χ1) is 13.7. The summed E-state index contributed by atoms with van der Waals surface area (Å²) in [5, 5.41) is 4.46. The van der Waals surface area contributed by atoms with Gasteiger partial charge in [0.1, 0.15) is 0 Å². The lowest BCUT2D eigenvalue weighted by Gasteiger charge is -2.12.